The molecule has 0 spiro atoms. The van der Waals surface area contributed by atoms with Gasteiger partial charge in [0.25, 0.3) is 0 Å². The molecule has 0 aliphatic heterocycles. The van der Waals surface area contributed by atoms with Crippen LogP contribution in [0.1, 0.15) is 20.7 Å². The fourth-order valence-electron chi connectivity index (χ4n) is 1.17. The lowest BCUT2D eigenvalue weighted by atomic mass is 10.1. The molecule has 0 saturated carbocycles. The number of carbonyl (C=O) groups excluding carboxylic acids is 1. The Morgan fingerprint density at radius 1 is 1.38 bits per heavy atom. The second-order valence-electron chi connectivity index (χ2n) is 3.08. The molecule has 1 aromatic carbocycles. The van der Waals surface area contributed by atoms with Crippen molar-refractivity contribution in [3.05, 3.63) is 34.9 Å². The molecule has 0 unspecified atom stereocenters. The number of hydrogen-bond donors (Lipinski definition) is 2. The van der Waals surface area contributed by atoms with Gasteiger partial charge in [-0.05, 0) is 19.2 Å². The lowest BCUT2D eigenvalue weighted by molar-refractivity contribution is 0.0690. The van der Waals surface area contributed by atoms with E-state index >= 15 is 0 Å². The van der Waals surface area contributed by atoms with Gasteiger partial charge in [0.15, 0.2) is 17.4 Å². The van der Waals surface area contributed by atoms with Crippen LogP contribution < -0.4 is 5.32 Å². The Kier molecular flexibility index (Phi) is 3.68. The third-order valence-corrected chi connectivity index (χ3v) is 1.92. The van der Waals surface area contributed by atoms with Crippen LogP contribution >= 0.6 is 0 Å². The summed E-state index contributed by atoms with van der Waals surface area (Å²) in [5, 5.41) is 11.1. The van der Waals surface area contributed by atoms with E-state index in [0.717, 1.165) is 6.07 Å². The van der Waals surface area contributed by atoms with Crippen molar-refractivity contribution in [1.82, 2.24) is 5.32 Å². The number of ketones is 1. The fourth-order valence-corrected chi connectivity index (χ4v) is 1.17. The van der Waals surface area contributed by atoms with Crippen LogP contribution in [-0.4, -0.2) is 30.5 Å². The van der Waals surface area contributed by atoms with Crippen LogP contribution in [0.5, 0.6) is 0 Å². The number of halogens is 2. The highest BCUT2D eigenvalue weighted by atomic mass is 19.2. The van der Waals surface area contributed by atoms with Gasteiger partial charge >= 0.3 is 5.97 Å². The second-order valence-corrected chi connectivity index (χ2v) is 3.08. The van der Waals surface area contributed by atoms with E-state index in [4.69, 9.17) is 5.11 Å². The van der Waals surface area contributed by atoms with Crippen molar-refractivity contribution in [2.45, 2.75) is 0 Å². The molecule has 1 aromatic rings. The first-order chi connectivity index (χ1) is 7.47. The zero-order chi connectivity index (χ0) is 12.3. The summed E-state index contributed by atoms with van der Waals surface area (Å²) in [5.74, 6) is -4.94. The van der Waals surface area contributed by atoms with Crippen LogP contribution in [0.4, 0.5) is 8.78 Å². The highest BCUT2D eigenvalue weighted by molar-refractivity contribution is 6.00. The van der Waals surface area contributed by atoms with E-state index in [1.807, 2.05) is 0 Å². The van der Waals surface area contributed by atoms with Crippen molar-refractivity contribution in [2.75, 3.05) is 13.6 Å². The van der Waals surface area contributed by atoms with Gasteiger partial charge in [-0.25, -0.2) is 13.6 Å². The van der Waals surface area contributed by atoms with E-state index in [2.05, 4.69) is 5.32 Å². The molecule has 4 nitrogen and oxygen atoms in total. The van der Waals surface area contributed by atoms with Gasteiger partial charge in [0.1, 0.15) is 0 Å². The standard InChI is InChI=1S/C10H9F2NO3/c1-13-4-8(14)5-2-6(10(15)16)9(12)7(11)3-5/h2-3,13H,4H2,1H3,(H,15,16). The molecule has 86 valence electrons. The van der Waals surface area contributed by atoms with Gasteiger partial charge in [-0.2, -0.15) is 0 Å². The van der Waals surface area contributed by atoms with E-state index < -0.39 is 29.0 Å². The monoisotopic (exact) mass is 229 g/mol. The van der Waals surface area contributed by atoms with Crippen LogP contribution in [0.15, 0.2) is 12.1 Å². The lowest BCUT2D eigenvalue weighted by Crippen LogP contribution is -2.19. The third-order valence-electron chi connectivity index (χ3n) is 1.92. The number of Topliss-reactive ketones (excluding diaryl/α,β-unsaturated/α-hetero) is 1. The Balaban J connectivity index is 3.24. The molecule has 0 atom stereocenters. The Labute approximate surface area is 89.9 Å². The molecular formula is C10H9F2NO3. The van der Waals surface area contributed by atoms with E-state index in [9.17, 15) is 18.4 Å². The molecule has 0 amide bonds. The molecule has 6 heteroatoms. The molecule has 0 heterocycles. The number of carboxylic acid groups (broad SMARTS) is 1. The predicted octanol–water partition coefficient (Wildman–Crippen LogP) is 1.07. The highest BCUT2D eigenvalue weighted by Gasteiger charge is 2.18. The minimum absolute atomic E-state index is 0.0792. The number of nitrogens with one attached hydrogen (secondary N) is 1. The zero-order valence-corrected chi connectivity index (χ0v) is 8.38. The van der Waals surface area contributed by atoms with Gasteiger partial charge in [0.05, 0.1) is 12.1 Å². The van der Waals surface area contributed by atoms with Crippen molar-refractivity contribution in [3.63, 3.8) is 0 Å². The van der Waals surface area contributed by atoms with E-state index in [1.165, 1.54) is 7.05 Å². The summed E-state index contributed by atoms with van der Waals surface area (Å²) in [7, 11) is 1.51. The van der Waals surface area contributed by atoms with Crippen LogP contribution in [0, 0.1) is 11.6 Å². The largest absolute Gasteiger partial charge is 0.478 e. The number of likely N-dealkylation sites (N-methyl/N-ethyl adjacent to an activating group) is 1. The summed E-state index contributed by atoms with van der Waals surface area (Å²) in [6.45, 7) is -0.0792. The molecule has 0 fully saturated rings. The molecular weight excluding hydrogens is 220 g/mol. The maximum atomic E-state index is 13.0. The summed E-state index contributed by atoms with van der Waals surface area (Å²) in [6.07, 6.45) is 0. The molecule has 0 radical (unpaired) electrons. The average molecular weight is 229 g/mol. The molecule has 1 rings (SSSR count). The quantitative estimate of drug-likeness (QED) is 0.758. The molecule has 0 bridgehead atoms. The lowest BCUT2D eigenvalue weighted by Gasteiger charge is -2.04. The minimum Gasteiger partial charge on any atom is -0.478 e. The number of aromatic carboxylic acids is 1. The number of benzene rings is 1. The summed E-state index contributed by atoms with van der Waals surface area (Å²) in [6, 6.07) is 1.50. The first-order valence-electron chi connectivity index (χ1n) is 4.37. The number of hydrogen-bond acceptors (Lipinski definition) is 3. The number of carbonyl (C=O) groups is 2. The number of carboxylic acids is 1. The van der Waals surface area contributed by atoms with Crippen molar-refractivity contribution < 1.29 is 23.5 Å². The first kappa shape index (κ1) is 12.3. The summed E-state index contributed by atoms with van der Waals surface area (Å²) < 4.78 is 26.0. The van der Waals surface area contributed by atoms with Gasteiger partial charge in [0.2, 0.25) is 0 Å². The van der Waals surface area contributed by atoms with Crippen molar-refractivity contribution >= 4 is 11.8 Å². The van der Waals surface area contributed by atoms with Crippen molar-refractivity contribution in [2.24, 2.45) is 0 Å². The van der Waals surface area contributed by atoms with Crippen molar-refractivity contribution in [1.29, 1.82) is 0 Å². The van der Waals surface area contributed by atoms with Gasteiger partial charge < -0.3 is 10.4 Å². The van der Waals surface area contributed by atoms with Gasteiger partial charge in [-0.1, -0.05) is 0 Å². The minimum atomic E-state index is -1.62. The molecule has 0 aliphatic rings. The predicted molar refractivity (Wildman–Crippen MR) is 51.6 cm³/mol. The highest BCUT2D eigenvalue weighted by Crippen LogP contribution is 2.15. The van der Waals surface area contributed by atoms with Gasteiger partial charge in [0, 0.05) is 5.56 Å². The Morgan fingerprint density at radius 3 is 2.50 bits per heavy atom. The first-order valence-corrected chi connectivity index (χ1v) is 4.37. The van der Waals surface area contributed by atoms with Crippen LogP contribution in [0.3, 0.4) is 0 Å². The second kappa shape index (κ2) is 4.80. The summed E-state index contributed by atoms with van der Waals surface area (Å²) in [4.78, 5) is 21.9. The van der Waals surface area contributed by atoms with Crippen molar-refractivity contribution in [3.8, 4) is 0 Å². The molecule has 0 saturated heterocycles. The Hall–Kier alpha value is -1.82. The fraction of sp³-hybridized carbons (Fsp3) is 0.200. The van der Waals surface area contributed by atoms with E-state index in [-0.39, 0.29) is 12.1 Å². The summed E-state index contributed by atoms with van der Waals surface area (Å²) >= 11 is 0. The molecule has 16 heavy (non-hydrogen) atoms. The van der Waals surface area contributed by atoms with E-state index in [0.29, 0.717) is 6.07 Å². The Bertz CT molecular complexity index is 446. The van der Waals surface area contributed by atoms with Crippen LogP contribution in [-0.2, 0) is 0 Å². The molecule has 2 N–H and O–H groups in total. The van der Waals surface area contributed by atoms with Gasteiger partial charge in [-0.3, -0.25) is 4.79 Å². The third kappa shape index (κ3) is 2.40. The topological polar surface area (TPSA) is 66.4 Å². The average Bonchev–Trinajstić information content (AvgIpc) is 2.21. The Morgan fingerprint density at radius 2 is 2.00 bits per heavy atom. The van der Waals surface area contributed by atoms with E-state index in [1.54, 1.807) is 0 Å². The van der Waals surface area contributed by atoms with Crippen LogP contribution in [0.25, 0.3) is 0 Å². The molecule has 0 aliphatic carbocycles. The normalized spacial score (nSPS) is 10.2. The molecule has 0 aromatic heterocycles. The van der Waals surface area contributed by atoms with Crippen LogP contribution in [0.2, 0.25) is 0 Å². The maximum Gasteiger partial charge on any atom is 0.338 e. The van der Waals surface area contributed by atoms with Gasteiger partial charge in [-0.15, -0.1) is 0 Å². The summed E-state index contributed by atoms with van der Waals surface area (Å²) in [5.41, 5.74) is -1.02. The zero-order valence-electron chi connectivity index (χ0n) is 8.38. The smallest absolute Gasteiger partial charge is 0.338 e. The number of rotatable bonds is 4. The maximum absolute atomic E-state index is 13.0. The SMILES string of the molecule is CNCC(=O)c1cc(F)c(F)c(C(=O)O)c1.